The summed E-state index contributed by atoms with van der Waals surface area (Å²) < 4.78 is 0. The lowest BCUT2D eigenvalue weighted by molar-refractivity contribution is 0.0605. The van der Waals surface area contributed by atoms with Crippen LogP contribution in [0.4, 0.5) is 0 Å². The van der Waals surface area contributed by atoms with Crippen LogP contribution in [0.1, 0.15) is 53.9 Å². The molecule has 0 aromatic rings. The maximum atomic E-state index is 3.71. The number of hydrogen-bond acceptors (Lipinski definition) is 3. The Hall–Kier alpha value is -0.120. The fourth-order valence-electron chi connectivity index (χ4n) is 3.39. The van der Waals surface area contributed by atoms with E-state index >= 15 is 0 Å². The molecule has 1 fully saturated rings. The number of hydrogen-bond donors (Lipinski definition) is 1. The standard InChI is InChI=1S/C16H35N3/c1-6-9-15(17-8-3)16(7-2)19-12-10-18(11-13-19)14(4)5/h14-17H,6-13H2,1-5H3. The summed E-state index contributed by atoms with van der Waals surface area (Å²) in [4.78, 5) is 5.33. The van der Waals surface area contributed by atoms with Crippen molar-refractivity contribution in [3.63, 3.8) is 0 Å². The van der Waals surface area contributed by atoms with Gasteiger partial charge in [0.05, 0.1) is 0 Å². The monoisotopic (exact) mass is 269 g/mol. The molecule has 19 heavy (non-hydrogen) atoms. The number of nitrogens with one attached hydrogen (secondary N) is 1. The molecular formula is C16H35N3. The summed E-state index contributed by atoms with van der Waals surface area (Å²) in [6.45, 7) is 17.5. The Bertz CT molecular complexity index is 216. The average molecular weight is 269 g/mol. The lowest BCUT2D eigenvalue weighted by atomic mass is 9.98. The number of nitrogens with zero attached hydrogens (tertiary/aromatic N) is 2. The Morgan fingerprint density at radius 3 is 1.95 bits per heavy atom. The molecule has 0 radical (unpaired) electrons. The van der Waals surface area contributed by atoms with E-state index in [0.29, 0.717) is 18.1 Å². The van der Waals surface area contributed by atoms with E-state index in [4.69, 9.17) is 0 Å². The summed E-state index contributed by atoms with van der Waals surface area (Å²) in [5.74, 6) is 0. The largest absolute Gasteiger partial charge is 0.313 e. The van der Waals surface area contributed by atoms with E-state index in [2.05, 4.69) is 49.7 Å². The van der Waals surface area contributed by atoms with Crippen LogP contribution >= 0.6 is 0 Å². The highest BCUT2D eigenvalue weighted by atomic mass is 15.3. The molecule has 1 rings (SSSR count). The van der Waals surface area contributed by atoms with Crippen LogP contribution in [0.3, 0.4) is 0 Å². The molecule has 3 heteroatoms. The fraction of sp³-hybridized carbons (Fsp3) is 1.00. The van der Waals surface area contributed by atoms with Crippen LogP contribution in [0.15, 0.2) is 0 Å². The van der Waals surface area contributed by atoms with E-state index in [9.17, 15) is 0 Å². The van der Waals surface area contributed by atoms with Crippen molar-refractivity contribution in [2.75, 3.05) is 32.7 Å². The van der Waals surface area contributed by atoms with Gasteiger partial charge >= 0.3 is 0 Å². The van der Waals surface area contributed by atoms with Crippen molar-refractivity contribution < 1.29 is 0 Å². The van der Waals surface area contributed by atoms with E-state index in [-0.39, 0.29) is 0 Å². The molecule has 2 atom stereocenters. The van der Waals surface area contributed by atoms with E-state index in [1.165, 1.54) is 45.4 Å². The van der Waals surface area contributed by atoms with Crippen molar-refractivity contribution in [3.05, 3.63) is 0 Å². The number of piperazine rings is 1. The zero-order valence-electron chi connectivity index (χ0n) is 13.8. The van der Waals surface area contributed by atoms with Gasteiger partial charge in [0.1, 0.15) is 0 Å². The molecule has 0 saturated carbocycles. The zero-order chi connectivity index (χ0) is 14.3. The minimum atomic E-state index is 0.672. The van der Waals surface area contributed by atoms with Crippen LogP contribution in [0.5, 0.6) is 0 Å². The molecule has 0 bridgehead atoms. The van der Waals surface area contributed by atoms with Gasteiger partial charge in [0.15, 0.2) is 0 Å². The third-order valence-corrected chi connectivity index (χ3v) is 4.50. The quantitative estimate of drug-likeness (QED) is 0.730. The average Bonchev–Trinajstić information content (AvgIpc) is 2.40. The van der Waals surface area contributed by atoms with Gasteiger partial charge in [-0.1, -0.05) is 27.2 Å². The fourth-order valence-corrected chi connectivity index (χ4v) is 3.39. The summed E-state index contributed by atoms with van der Waals surface area (Å²) >= 11 is 0. The van der Waals surface area contributed by atoms with Gasteiger partial charge in [-0.3, -0.25) is 9.80 Å². The molecule has 1 saturated heterocycles. The molecule has 0 aromatic carbocycles. The highest BCUT2D eigenvalue weighted by Crippen LogP contribution is 2.17. The Kier molecular flexibility index (Phi) is 7.96. The smallest absolute Gasteiger partial charge is 0.0247 e. The minimum absolute atomic E-state index is 0.672. The predicted molar refractivity (Wildman–Crippen MR) is 84.7 cm³/mol. The second-order valence-corrected chi connectivity index (χ2v) is 6.09. The highest BCUT2D eigenvalue weighted by Gasteiger charge is 2.28. The molecular weight excluding hydrogens is 234 g/mol. The van der Waals surface area contributed by atoms with Crippen molar-refractivity contribution in [2.24, 2.45) is 0 Å². The summed E-state index contributed by atoms with van der Waals surface area (Å²) in [5, 5.41) is 3.71. The Labute approximate surface area is 120 Å². The summed E-state index contributed by atoms with van der Waals surface area (Å²) in [6.07, 6.45) is 3.84. The second-order valence-electron chi connectivity index (χ2n) is 6.09. The first-order valence-electron chi connectivity index (χ1n) is 8.35. The van der Waals surface area contributed by atoms with Gasteiger partial charge in [0, 0.05) is 44.3 Å². The van der Waals surface area contributed by atoms with Gasteiger partial charge in [-0.05, 0) is 33.2 Å². The van der Waals surface area contributed by atoms with Gasteiger partial charge < -0.3 is 5.32 Å². The zero-order valence-corrected chi connectivity index (χ0v) is 13.8. The lowest BCUT2D eigenvalue weighted by Crippen LogP contribution is -2.57. The molecule has 0 aromatic heterocycles. The first kappa shape index (κ1) is 16.9. The predicted octanol–water partition coefficient (Wildman–Crippen LogP) is 2.57. The Morgan fingerprint density at radius 1 is 0.947 bits per heavy atom. The molecule has 3 nitrogen and oxygen atoms in total. The van der Waals surface area contributed by atoms with E-state index in [0.717, 1.165) is 6.54 Å². The third-order valence-electron chi connectivity index (χ3n) is 4.50. The van der Waals surface area contributed by atoms with Gasteiger partial charge in [0.25, 0.3) is 0 Å². The maximum Gasteiger partial charge on any atom is 0.0247 e. The molecule has 1 aliphatic rings. The normalized spacial score (nSPS) is 21.8. The number of likely N-dealkylation sites (N-methyl/N-ethyl adjacent to an activating group) is 1. The van der Waals surface area contributed by atoms with Gasteiger partial charge in [-0.15, -0.1) is 0 Å². The molecule has 1 aliphatic heterocycles. The van der Waals surface area contributed by atoms with Crippen LogP contribution in [-0.4, -0.2) is 60.6 Å². The second kappa shape index (κ2) is 8.93. The highest BCUT2D eigenvalue weighted by molar-refractivity contribution is 4.87. The lowest BCUT2D eigenvalue weighted by Gasteiger charge is -2.43. The van der Waals surface area contributed by atoms with Crippen molar-refractivity contribution in [2.45, 2.75) is 72.0 Å². The van der Waals surface area contributed by atoms with Gasteiger partial charge in [0.2, 0.25) is 0 Å². The molecule has 1 N–H and O–H groups in total. The summed E-state index contributed by atoms with van der Waals surface area (Å²) in [5.41, 5.74) is 0. The SMILES string of the molecule is CCCC(NCC)C(CC)N1CCN(C(C)C)CC1. The minimum Gasteiger partial charge on any atom is -0.313 e. The van der Waals surface area contributed by atoms with Crippen LogP contribution in [0.2, 0.25) is 0 Å². The molecule has 0 aliphatic carbocycles. The van der Waals surface area contributed by atoms with E-state index in [1.54, 1.807) is 0 Å². The van der Waals surface area contributed by atoms with Crippen LogP contribution in [0, 0.1) is 0 Å². The van der Waals surface area contributed by atoms with E-state index < -0.39 is 0 Å². The van der Waals surface area contributed by atoms with Crippen LogP contribution in [-0.2, 0) is 0 Å². The molecule has 2 unspecified atom stereocenters. The first-order valence-corrected chi connectivity index (χ1v) is 8.35. The van der Waals surface area contributed by atoms with Crippen LogP contribution in [0.25, 0.3) is 0 Å². The first-order chi connectivity index (χ1) is 9.13. The van der Waals surface area contributed by atoms with Crippen LogP contribution < -0.4 is 5.32 Å². The van der Waals surface area contributed by atoms with Crippen molar-refractivity contribution in [1.29, 1.82) is 0 Å². The number of rotatable bonds is 8. The maximum absolute atomic E-state index is 3.71. The van der Waals surface area contributed by atoms with Gasteiger partial charge in [-0.2, -0.15) is 0 Å². The summed E-state index contributed by atoms with van der Waals surface area (Å²) in [7, 11) is 0. The van der Waals surface area contributed by atoms with E-state index in [1.807, 2.05) is 0 Å². The molecule has 1 heterocycles. The topological polar surface area (TPSA) is 18.5 Å². The van der Waals surface area contributed by atoms with Crippen molar-refractivity contribution >= 4 is 0 Å². The van der Waals surface area contributed by atoms with Gasteiger partial charge in [-0.25, -0.2) is 0 Å². The Morgan fingerprint density at radius 2 is 1.53 bits per heavy atom. The molecule has 114 valence electrons. The van der Waals surface area contributed by atoms with Crippen molar-refractivity contribution in [1.82, 2.24) is 15.1 Å². The molecule has 0 amide bonds. The third kappa shape index (κ3) is 5.05. The molecule has 0 spiro atoms. The summed E-state index contributed by atoms with van der Waals surface area (Å²) in [6, 6.07) is 2.09. The van der Waals surface area contributed by atoms with Crippen molar-refractivity contribution in [3.8, 4) is 0 Å². The Balaban J connectivity index is 2.54.